The Morgan fingerprint density at radius 1 is 1.32 bits per heavy atom. The molecular weight excluding hydrogens is 320 g/mol. The van der Waals surface area contributed by atoms with Crippen LogP contribution < -0.4 is 10.6 Å². The van der Waals surface area contributed by atoms with Gasteiger partial charge >= 0.3 is 0 Å². The molecule has 0 bridgehead atoms. The lowest BCUT2D eigenvalue weighted by Crippen LogP contribution is -2.43. The van der Waals surface area contributed by atoms with Gasteiger partial charge in [0.15, 0.2) is 5.96 Å². The molecule has 1 saturated heterocycles. The fraction of sp³-hybridized carbons (Fsp3) is 0.556. The molecule has 138 valence electrons. The van der Waals surface area contributed by atoms with Gasteiger partial charge in [0.25, 0.3) is 0 Å². The fourth-order valence-corrected chi connectivity index (χ4v) is 2.77. The lowest BCUT2D eigenvalue weighted by Gasteiger charge is -2.21. The Morgan fingerprint density at radius 2 is 2.12 bits per heavy atom. The van der Waals surface area contributed by atoms with Crippen molar-refractivity contribution in [2.45, 2.75) is 6.42 Å². The molecule has 0 saturated carbocycles. The maximum absolute atomic E-state index is 12.0. The predicted molar refractivity (Wildman–Crippen MR) is 98.8 cm³/mol. The molecule has 1 aromatic carbocycles. The van der Waals surface area contributed by atoms with Gasteiger partial charge < -0.3 is 25.0 Å². The summed E-state index contributed by atoms with van der Waals surface area (Å²) in [5, 5.41) is 5.99. The van der Waals surface area contributed by atoms with Crippen LogP contribution in [-0.2, 0) is 14.3 Å². The van der Waals surface area contributed by atoms with E-state index in [1.807, 2.05) is 30.3 Å². The van der Waals surface area contributed by atoms with Crippen LogP contribution in [-0.4, -0.2) is 70.4 Å². The van der Waals surface area contributed by atoms with Gasteiger partial charge in [0.2, 0.25) is 5.91 Å². The number of hydrogen-bond donors (Lipinski definition) is 2. The molecule has 0 aliphatic carbocycles. The summed E-state index contributed by atoms with van der Waals surface area (Å²) in [4.78, 5) is 18.5. The summed E-state index contributed by atoms with van der Waals surface area (Å²) in [7, 11) is 3.41. The Hall–Kier alpha value is -2.12. The molecule has 0 radical (unpaired) electrons. The van der Waals surface area contributed by atoms with Crippen molar-refractivity contribution in [1.82, 2.24) is 10.2 Å². The number of anilines is 1. The smallest absolute Gasteiger partial charge is 0.243 e. The summed E-state index contributed by atoms with van der Waals surface area (Å²) in [5.74, 6) is 1.14. The van der Waals surface area contributed by atoms with Gasteiger partial charge in [-0.2, -0.15) is 0 Å². The number of hydrogen-bond acceptors (Lipinski definition) is 4. The minimum atomic E-state index is -0.0917. The molecule has 0 aromatic heterocycles. The van der Waals surface area contributed by atoms with Crippen LogP contribution in [0.4, 0.5) is 5.69 Å². The van der Waals surface area contributed by atoms with Crippen LogP contribution >= 0.6 is 0 Å². The largest absolute Gasteiger partial charge is 0.382 e. The van der Waals surface area contributed by atoms with E-state index in [9.17, 15) is 4.79 Å². The third-order valence-electron chi connectivity index (χ3n) is 4.05. The summed E-state index contributed by atoms with van der Waals surface area (Å²) in [6.07, 6.45) is 1.06. The Bertz CT molecular complexity index is 551. The van der Waals surface area contributed by atoms with E-state index in [0.29, 0.717) is 19.1 Å². The van der Waals surface area contributed by atoms with Gasteiger partial charge in [-0.3, -0.25) is 9.79 Å². The number of likely N-dealkylation sites (tertiary alicyclic amines) is 1. The van der Waals surface area contributed by atoms with Crippen molar-refractivity contribution in [2.75, 3.05) is 58.9 Å². The molecule has 1 heterocycles. The minimum Gasteiger partial charge on any atom is -0.382 e. The van der Waals surface area contributed by atoms with Crippen LogP contribution in [0, 0.1) is 5.92 Å². The van der Waals surface area contributed by atoms with E-state index in [1.165, 1.54) is 0 Å². The van der Waals surface area contributed by atoms with Gasteiger partial charge in [0.05, 0.1) is 26.4 Å². The molecule has 1 aliphatic rings. The van der Waals surface area contributed by atoms with E-state index in [-0.39, 0.29) is 12.5 Å². The van der Waals surface area contributed by atoms with Crippen LogP contribution in [0.5, 0.6) is 0 Å². The van der Waals surface area contributed by atoms with Crippen LogP contribution in [0.2, 0.25) is 0 Å². The highest BCUT2D eigenvalue weighted by Crippen LogP contribution is 2.16. The second kappa shape index (κ2) is 10.7. The molecule has 1 atom stereocenters. The highest BCUT2D eigenvalue weighted by atomic mass is 16.5. The Morgan fingerprint density at radius 3 is 2.84 bits per heavy atom. The number of methoxy groups -OCH3 is 1. The average Bonchev–Trinajstić information content (AvgIpc) is 3.09. The molecule has 2 N–H and O–H groups in total. The van der Waals surface area contributed by atoms with Gasteiger partial charge in [-0.15, -0.1) is 0 Å². The van der Waals surface area contributed by atoms with E-state index in [0.717, 1.165) is 37.8 Å². The minimum absolute atomic E-state index is 0.0917. The first kappa shape index (κ1) is 19.2. The lowest BCUT2D eigenvalue weighted by molar-refractivity contribution is -0.115. The van der Waals surface area contributed by atoms with E-state index in [4.69, 9.17) is 9.47 Å². The summed E-state index contributed by atoms with van der Waals surface area (Å²) >= 11 is 0. The second-order valence-corrected chi connectivity index (χ2v) is 5.98. The van der Waals surface area contributed by atoms with E-state index >= 15 is 0 Å². The van der Waals surface area contributed by atoms with E-state index in [1.54, 1.807) is 14.2 Å². The number of amides is 1. The first-order chi connectivity index (χ1) is 12.2. The average molecular weight is 348 g/mol. The van der Waals surface area contributed by atoms with Crippen molar-refractivity contribution in [3.63, 3.8) is 0 Å². The summed E-state index contributed by atoms with van der Waals surface area (Å²) in [6.45, 7) is 3.96. The zero-order valence-electron chi connectivity index (χ0n) is 15.0. The third-order valence-corrected chi connectivity index (χ3v) is 4.05. The normalized spacial score (nSPS) is 17.6. The predicted octanol–water partition coefficient (Wildman–Crippen LogP) is 1.19. The van der Waals surface area contributed by atoms with Crippen molar-refractivity contribution in [1.29, 1.82) is 0 Å². The SMILES string of the molecule is CN=C(NCC(=O)Nc1ccccc1)N1CCC(COCCOC)C1. The van der Waals surface area contributed by atoms with Crippen molar-refractivity contribution >= 4 is 17.6 Å². The monoisotopic (exact) mass is 348 g/mol. The number of benzene rings is 1. The standard InChI is InChI=1S/C18H28N4O3/c1-19-18(20-12-17(23)21-16-6-4-3-5-7-16)22-9-8-15(13-22)14-25-11-10-24-2/h3-7,15H,8-14H2,1-2H3,(H,19,20)(H,21,23). The van der Waals surface area contributed by atoms with Crippen molar-refractivity contribution in [2.24, 2.45) is 10.9 Å². The van der Waals surface area contributed by atoms with Gasteiger partial charge in [-0.25, -0.2) is 0 Å². The van der Waals surface area contributed by atoms with Crippen molar-refractivity contribution in [3.05, 3.63) is 30.3 Å². The number of ether oxygens (including phenoxy) is 2. The molecular formula is C18H28N4O3. The van der Waals surface area contributed by atoms with E-state index in [2.05, 4.69) is 20.5 Å². The maximum Gasteiger partial charge on any atom is 0.243 e. The highest BCUT2D eigenvalue weighted by Gasteiger charge is 2.25. The number of nitrogens with zero attached hydrogens (tertiary/aromatic N) is 2. The van der Waals surface area contributed by atoms with Gasteiger partial charge in [-0.1, -0.05) is 18.2 Å². The molecule has 7 heteroatoms. The quantitative estimate of drug-likeness (QED) is 0.419. The number of carbonyl (C=O) groups is 1. The summed E-state index contributed by atoms with van der Waals surface area (Å²) < 4.78 is 10.6. The molecule has 7 nitrogen and oxygen atoms in total. The van der Waals surface area contributed by atoms with E-state index < -0.39 is 0 Å². The molecule has 25 heavy (non-hydrogen) atoms. The summed E-state index contributed by atoms with van der Waals surface area (Å²) in [5.41, 5.74) is 0.790. The number of para-hydroxylation sites is 1. The molecule has 1 fully saturated rings. The van der Waals surface area contributed by atoms with Gasteiger partial charge in [-0.05, 0) is 18.6 Å². The highest BCUT2D eigenvalue weighted by molar-refractivity contribution is 5.95. The molecule has 1 unspecified atom stereocenters. The van der Waals surface area contributed by atoms with Crippen LogP contribution in [0.1, 0.15) is 6.42 Å². The molecule has 1 amide bonds. The van der Waals surface area contributed by atoms with Crippen LogP contribution in [0.25, 0.3) is 0 Å². The Labute approximate surface area is 149 Å². The maximum atomic E-state index is 12.0. The number of aliphatic imine (C=N–C) groups is 1. The Kier molecular flexibility index (Phi) is 8.21. The molecule has 0 spiro atoms. The van der Waals surface area contributed by atoms with Crippen LogP contribution in [0.15, 0.2) is 35.3 Å². The third kappa shape index (κ3) is 6.72. The number of nitrogens with one attached hydrogen (secondary N) is 2. The second-order valence-electron chi connectivity index (χ2n) is 5.98. The number of carbonyl (C=O) groups excluding carboxylic acids is 1. The fourth-order valence-electron chi connectivity index (χ4n) is 2.77. The molecule has 1 aliphatic heterocycles. The molecule has 1 aromatic rings. The number of rotatable bonds is 8. The topological polar surface area (TPSA) is 75.2 Å². The first-order valence-corrected chi connectivity index (χ1v) is 8.60. The summed E-state index contributed by atoms with van der Waals surface area (Å²) in [6, 6.07) is 9.42. The number of guanidine groups is 1. The zero-order valence-corrected chi connectivity index (χ0v) is 15.0. The van der Waals surface area contributed by atoms with Crippen molar-refractivity contribution < 1.29 is 14.3 Å². The first-order valence-electron chi connectivity index (χ1n) is 8.60. The lowest BCUT2D eigenvalue weighted by atomic mass is 10.1. The molecule has 2 rings (SSSR count). The zero-order chi connectivity index (χ0) is 17.9. The van der Waals surface area contributed by atoms with Gasteiger partial charge in [0, 0.05) is 38.9 Å². The Balaban J connectivity index is 1.70. The van der Waals surface area contributed by atoms with Crippen LogP contribution in [0.3, 0.4) is 0 Å². The van der Waals surface area contributed by atoms with Gasteiger partial charge in [0.1, 0.15) is 0 Å². The van der Waals surface area contributed by atoms with Crippen molar-refractivity contribution in [3.8, 4) is 0 Å².